The number of nitrogens with zero attached hydrogens (tertiary/aromatic N) is 1. The van der Waals surface area contributed by atoms with Gasteiger partial charge in [0.1, 0.15) is 5.75 Å². The summed E-state index contributed by atoms with van der Waals surface area (Å²) < 4.78 is 11.0. The van der Waals surface area contributed by atoms with Gasteiger partial charge in [-0.2, -0.15) is 11.8 Å². The molecule has 1 aliphatic heterocycles. The maximum Gasteiger partial charge on any atom is 0.191 e. The van der Waals surface area contributed by atoms with Crippen LogP contribution in [0.25, 0.3) is 0 Å². The van der Waals surface area contributed by atoms with Crippen LogP contribution in [0.1, 0.15) is 32.3 Å². The Bertz CT molecular complexity index is 529. The summed E-state index contributed by atoms with van der Waals surface area (Å²) in [5.41, 5.74) is 1.17. The lowest BCUT2D eigenvalue weighted by atomic mass is 9.99. The second-order valence-electron chi connectivity index (χ2n) is 6.13. The van der Waals surface area contributed by atoms with Crippen LogP contribution in [-0.4, -0.2) is 49.9 Å². The first kappa shape index (κ1) is 23.4. The number of benzene rings is 1. The normalized spacial score (nSPS) is 16.5. The summed E-state index contributed by atoms with van der Waals surface area (Å²) in [6.45, 7) is 8.45. The average Bonchev–Trinajstić information content (AvgIpc) is 2.65. The minimum atomic E-state index is 0. The number of thioether (sulfide) groups is 1. The van der Waals surface area contributed by atoms with Crippen molar-refractivity contribution in [3.63, 3.8) is 0 Å². The lowest BCUT2D eigenvalue weighted by Gasteiger charge is -2.37. The van der Waals surface area contributed by atoms with Gasteiger partial charge in [-0.25, -0.2) is 4.99 Å². The smallest absolute Gasteiger partial charge is 0.191 e. The number of hydrogen-bond donors (Lipinski definition) is 2. The second-order valence-corrected chi connectivity index (χ2v) is 7.86. The molecule has 5 nitrogen and oxygen atoms in total. The van der Waals surface area contributed by atoms with Crippen molar-refractivity contribution >= 4 is 41.7 Å². The number of nitrogens with one attached hydrogen (secondary N) is 2. The molecule has 1 saturated heterocycles. The van der Waals surface area contributed by atoms with Gasteiger partial charge in [0, 0.05) is 31.1 Å². The van der Waals surface area contributed by atoms with E-state index in [2.05, 4.69) is 36.6 Å². The van der Waals surface area contributed by atoms with Crippen LogP contribution in [0.2, 0.25) is 0 Å². The minimum absolute atomic E-state index is 0. The van der Waals surface area contributed by atoms with Crippen LogP contribution < -0.4 is 15.4 Å². The quantitative estimate of drug-likeness (QED) is 0.329. The topological polar surface area (TPSA) is 54.9 Å². The zero-order valence-corrected chi connectivity index (χ0v) is 19.2. The van der Waals surface area contributed by atoms with Crippen molar-refractivity contribution in [2.24, 2.45) is 4.99 Å². The molecular formula is C19H32IN3O2S. The van der Waals surface area contributed by atoms with E-state index in [1.807, 2.05) is 23.9 Å². The highest BCUT2D eigenvalue weighted by Crippen LogP contribution is 2.34. The van der Waals surface area contributed by atoms with Gasteiger partial charge in [0.15, 0.2) is 5.96 Å². The molecule has 0 aliphatic carbocycles. The molecule has 0 saturated carbocycles. The van der Waals surface area contributed by atoms with Crippen molar-refractivity contribution in [1.29, 1.82) is 0 Å². The molecule has 0 bridgehead atoms. The molecule has 0 amide bonds. The van der Waals surface area contributed by atoms with Crippen molar-refractivity contribution in [2.75, 3.05) is 39.2 Å². The average molecular weight is 493 g/mol. The molecule has 7 heteroatoms. The minimum Gasteiger partial charge on any atom is -0.497 e. The van der Waals surface area contributed by atoms with Gasteiger partial charge in [0.25, 0.3) is 0 Å². The molecule has 0 spiro atoms. The van der Waals surface area contributed by atoms with Gasteiger partial charge < -0.3 is 20.1 Å². The summed E-state index contributed by atoms with van der Waals surface area (Å²) in [4.78, 5) is 4.73. The molecule has 0 radical (unpaired) electrons. The number of halogens is 1. The summed E-state index contributed by atoms with van der Waals surface area (Å²) in [5.74, 6) is 2.87. The molecule has 1 aliphatic rings. The Morgan fingerprint density at radius 3 is 2.46 bits per heavy atom. The van der Waals surface area contributed by atoms with E-state index in [1.165, 1.54) is 5.56 Å². The molecule has 1 aromatic rings. The molecule has 2 N–H and O–H groups in total. The van der Waals surface area contributed by atoms with Crippen LogP contribution in [0, 0.1) is 0 Å². The van der Waals surface area contributed by atoms with Gasteiger partial charge in [0.2, 0.25) is 0 Å². The lowest BCUT2D eigenvalue weighted by molar-refractivity contribution is 0.0782. The Kier molecular flexibility index (Phi) is 11.4. The first-order valence-corrected chi connectivity index (χ1v) is 10.1. The van der Waals surface area contributed by atoms with Crippen molar-refractivity contribution < 1.29 is 9.47 Å². The van der Waals surface area contributed by atoms with Gasteiger partial charge in [-0.3, -0.25) is 0 Å². The van der Waals surface area contributed by atoms with E-state index in [0.717, 1.165) is 56.6 Å². The van der Waals surface area contributed by atoms with Crippen molar-refractivity contribution in [3.8, 4) is 5.75 Å². The van der Waals surface area contributed by atoms with Crippen LogP contribution in [-0.2, 0) is 11.3 Å². The Balaban J connectivity index is 0.00000338. The molecule has 26 heavy (non-hydrogen) atoms. The van der Waals surface area contributed by atoms with Crippen LogP contribution in [0.3, 0.4) is 0 Å². The first-order chi connectivity index (χ1) is 12.2. The predicted octanol–water partition coefficient (Wildman–Crippen LogP) is 3.67. The van der Waals surface area contributed by atoms with Crippen molar-refractivity contribution in [3.05, 3.63) is 29.8 Å². The standard InChI is InChI=1S/C19H31N3O2S.HI/c1-4-20-18(21-14-16-6-8-17(23-3)9-7-16)22-15-19(25-5-2)10-12-24-13-11-19;/h6-9H,4-5,10-15H2,1-3H3,(H2,20,21,22);1H. The molecule has 148 valence electrons. The second kappa shape index (κ2) is 12.7. The van der Waals surface area contributed by atoms with E-state index in [-0.39, 0.29) is 28.7 Å². The third-order valence-corrected chi connectivity index (χ3v) is 5.81. The van der Waals surface area contributed by atoms with Crippen LogP contribution in [0.5, 0.6) is 5.75 Å². The van der Waals surface area contributed by atoms with E-state index >= 15 is 0 Å². The fraction of sp³-hybridized carbons (Fsp3) is 0.632. The highest BCUT2D eigenvalue weighted by atomic mass is 127. The van der Waals surface area contributed by atoms with Gasteiger partial charge in [-0.15, -0.1) is 24.0 Å². The van der Waals surface area contributed by atoms with E-state index in [1.54, 1.807) is 7.11 Å². The Hall–Kier alpha value is -0.670. The predicted molar refractivity (Wildman–Crippen MR) is 122 cm³/mol. The third kappa shape index (κ3) is 7.52. The monoisotopic (exact) mass is 493 g/mol. The summed E-state index contributed by atoms with van der Waals surface area (Å²) in [6, 6.07) is 8.05. The van der Waals surface area contributed by atoms with Crippen LogP contribution in [0.4, 0.5) is 0 Å². The maximum atomic E-state index is 5.55. The van der Waals surface area contributed by atoms with E-state index in [4.69, 9.17) is 14.5 Å². The highest BCUT2D eigenvalue weighted by Gasteiger charge is 2.32. The molecule has 0 aromatic heterocycles. The molecule has 0 unspecified atom stereocenters. The zero-order valence-electron chi connectivity index (χ0n) is 16.0. The van der Waals surface area contributed by atoms with Crippen LogP contribution >= 0.6 is 35.7 Å². The largest absolute Gasteiger partial charge is 0.497 e. The zero-order chi connectivity index (χ0) is 18.0. The number of ether oxygens (including phenoxy) is 2. The first-order valence-electron chi connectivity index (χ1n) is 9.08. The molecule has 2 rings (SSSR count). The van der Waals surface area contributed by atoms with Gasteiger partial charge in [-0.05, 0) is 43.2 Å². The number of guanidine groups is 1. The molecule has 0 atom stereocenters. The Labute approximate surface area is 179 Å². The lowest BCUT2D eigenvalue weighted by Crippen LogP contribution is -2.48. The number of aliphatic imine (C=N–C) groups is 1. The summed E-state index contributed by atoms with van der Waals surface area (Å²) in [6.07, 6.45) is 2.19. The molecule has 1 heterocycles. The SMILES string of the molecule is CCNC(=NCc1ccc(OC)cc1)NCC1(SCC)CCOCC1.I. The Morgan fingerprint density at radius 1 is 1.19 bits per heavy atom. The van der Waals surface area contributed by atoms with Gasteiger partial charge in [0.05, 0.1) is 13.7 Å². The Morgan fingerprint density at radius 2 is 1.88 bits per heavy atom. The fourth-order valence-corrected chi connectivity index (χ4v) is 4.15. The van der Waals surface area contributed by atoms with Crippen LogP contribution in [0.15, 0.2) is 29.3 Å². The molecule has 1 aromatic carbocycles. The fourth-order valence-electron chi connectivity index (χ4n) is 2.91. The highest BCUT2D eigenvalue weighted by molar-refractivity contribution is 14.0. The third-order valence-electron chi connectivity index (χ3n) is 4.36. The number of rotatable bonds is 8. The summed E-state index contributed by atoms with van der Waals surface area (Å²) in [7, 11) is 1.68. The van der Waals surface area contributed by atoms with Gasteiger partial charge in [-0.1, -0.05) is 19.1 Å². The summed E-state index contributed by atoms with van der Waals surface area (Å²) in [5, 5.41) is 6.89. The van der Waals surface area contributed by atoms with Gasteiger partial charge >= 0.3 is 0 Å². The van der Waals surface area contributed by atoms with E-state index in [0.29, 0.717) is 6.54 Å². The number of methoxy groups -OCH3 is 1. The number of hydrogen-bond acceptors (Lipinski definition) is 4. The van der Waals surface area contributed by atoms with Crippen molar-refractivity contribution in [2.45, 2.75) is 38.0 Å². The molecule has 1 fully saturated rings. The maximum absolute atomic E-state index is 5.55. The van der Waals surface area contributed by atoms with E-state index in [9.17, 15) is 0 Å². The summed E-state index contributed by atoms with van der Waals surface area (Å²) >= 11 is 2.04. The molecular weight excluding hydrogens is 461 g/mol. The van der Waals surface area contributed by atoms with E-state index < -0.39 is 0 Å². The van der Waals surface area contributed by atoms with Crippen molar-refractivity contribution in [1.82, 2.24) is 10.6 Å².